The Bertz CT molecular complexity index is 201. The quantitative estimate of drug-likeness (QED) is 0.497. The van der Waals surface area contributed by atoms with E-state index in [0.717, 1.165) is 0 Å². The van der Waals surface area contributed by atoms with Gasteiger partial charge in [-0.15, -0.1) is 0 Å². The minimum absolute atomic E-state index is 0.129. The highest BCUT2D eigenvalue weighted by Gasteiger charge is 2.49. The van der Waals surface area contributed by atoms with Crippen LogP contribution in [0.4, 0.5) is 0 Å². The molecule has 7 nitrogen and oxygen atoms in total. The van der Waals surface area contributed by atoms with Gasteiger partial charge in [0, 0.05) is 41.2 Å². The molecule has 0 amide bonds. The zero-order valence-corrected chi connectivity index (χ0v) is 14.7. The van der Waals surface area contributed by atoms with E-state index < -0.39 is 17.9 Å². The molecule has 0 unspecified atom stereocenters. The lowest BCUT2D eigenvalue weighted by Crippen LogP contribution is -2.56. The Kier molecular flexibility index (Phi) is 10.0. The van der Waals surface area contributed by atoms with Crippen molar-refractivity contribution in [3.8, 4) is 0 Å². The highest BCUT2D eigenvalue weighted by atomic mass is 28.4. The molecule has 0 saturated heterocycles. The van der Waals surface area contributed by atoms with E-state index >= 15 is 0 Å². The van der Waals surface area contributed by atoms with Crippen LogP contribution in [0.1, 0.15) is 20.8 Å². The van der Waals surface area contributed by atoms with Crippen molar-refractivity contribution in [3.05, 3.63) is 0 Å². The van der Waals surface area contributed by atoms with Gasteiger partial charge in [0.1, 0.15) is 6.23 Å². The first-order valence-corrected chi connectivity index (χ1v) is 9.85. The zero-order chi connectivity index (χ0) is 14.8. The van der Waals surface area contributed by atoms with Crippen LogP contribution in [0.5, 0.6) is 0 Å². The predicted octanol–water partition coefficient (Wildman–Crippen LogP) is 0.965. The summed E-state index contributed by atoms with van der Waals surface area (Å²) in [6.45, 7) is 7.10. The van der Waals surface area contributed by atoms with Gasteiger partial charge >= 0.3 is 17.9 Å². The van der Waals surface area contributed by atoms with Crippen molar-refractivity contribution in [2.24, 2.45) is 0 Å². The third-order valence-corrected chi connectivity index (χ3v) is 7.24. The van der Waals surface area contributed by atoms with Crippen LogP contribution in [0.15, 0.2) is 0 Å². The van der Waals surface area contributed by atoms with E-state index in [4.69, 9.17) is 31.0 Å². The summed E-state index contributed by atoms with van der Waals surface area (Å²) in [5.74, 6) is 0. The third kappa shape index (κ3) is 5.98. The molecule has 0 aromatic rings. The highest BCUT2D eigenvalue weighted by molar-refractivity contribution is 6.62. The molecule has 0 saturated carbocycles. The average Bonchev–Trinajstić information content (AvgIpc) is 2.42. The largest absolute Gasteiger partial charge is 0.678 e. The maximum atomic E-state index is 5.66. The Morgan fingerprint density at radius 3 is 1.26 bits per heavy atom. The van der Waals surface area contributed by atoms with E-state index in [1.165, 1.54) is 21.3 Å². The van der Waals surface area contributed by atoms with E-state index in [-0.39, 0.29) is 6.23 Å². The van der Waals surface area contributed by atoms with Gasteiger partial charge in [0.2, 0.25) is 0 Å². The molecular weight excluding hydrogens is 288 g/mol. The summed E-state index contributed by atoms with van der Waals surface area (Å²) in [7, 11) is -1.57. The SMILES string of the molecule is CCO[Si](CO[Si](OC)(OC)OC)(OCC)OCC. The van der Waals surface area contributed by atoms with Crippen molar-refractivity contribution in [3.63, 3.8) is 0 Å². The fourth-order valence-electron chi connectivity index (χ4n) is 1.51. The van der Waals surface area contributed by atoms with Crippen molar-refractivity contribution >= 4 is 17.9 Å². The topological polar surface area (TPSA) is 64.6 Å². The second-order valence-electron chi connectivity index (χ2n) is 3.38. The highest BCUT2D eigenvalue weighted by Crippen LogP contribution is 2.15. The van der Waals surface area contributed by atoms with Crippen LogP contribution in [0.25, 0.3) is 0 Å². The molecule has 0 radical (unpaired) electrons. The summed E-state index contributed by atoms with van der Waals surface area (Å²) in [6, 6.07) is 0. The summed E-state index contributed by atoms with van der Waals surface area (Å²) in [4.78, 5) is 0. The fourth-order valence-corrected chi connectivity index (χ4v) is 5.60. The minimum Gasteiger partial charge on any atom is -0.372 e. The van der Waals surface area contributed by atoms with Crippen LogP contribution >= 0.6 is 0 Å². The summed E-state index contributed by atoms with van der Waals surface area (Å²) in [5.41, 5.74) is 0. The number of hydrogen-bond donors (Lipinski definition) is 0. The van der Waals surface area contributed by atoms with E-state index in [0.29, 0.717) is 19.8 Å². The molecule has 0 N–H and O–H groups in total. The molecule has 0 atom stereocenters. The van der Waals surface area contributed by atoms with Crippen LogP contribution in [0.3, 0.4) is 0 Å². The van der Waals surface area contributed by atoms with Gasteiger partial charge in [-0.05, 0) is 20.8 Å². The average molecular weight is 314 g/mol. The van der Waals surface area contributed by atoms with E-state index in [1.54, 1.807) is 0 Å². The molecule has 0 heterocycles. The number of rotatable bonds is 12. The van der Waals surface area contributed by atoms with Crippen molar-refractivity contribution in [2.75, 3.05) is 47.4 Å². The number of hydrogen-bond acceptors (Lipinski definition) is 7. The third-order valence-electron chi connectivity index (χ3n) is 2.27. The van der Waals surface area contributed by atoms with Gasteiger partial charge in [0.05, 0.1) is 0 Å². The van der Waals surface area contributed by atoms with Gasteiger partial charge in [-0.3, -0.25) is 0 Å². The maximum Gasteiger partial charge on any atom is 0.678 e. The van der Waals surface area contributed by atoms with Gasteiger partial charge < -0.3 is 31.0 Å². The second-order valence-corrected chi connectivity index (χ2v) is 8.42. The fraction of sp³-hybridized carbons (Fsp3) is 1.00. The lowest BCUT2D eigenvalue weighted by molar-refractivity contribution is -0.0101. The van der Waals surface area contributed by atoms with Crippen LogP contribution in [0.2, 0.25) is 0 Å². The molecule has 0 aliphatic carbocycles. The maximum absolute atomic E-state index is 5.66. The summed E-state index contributed by atoms with van der Waals surface area (Å²) < 4.78 is 38.2. The van der Waals surface area contributed by atoms with Crippen LogP contribution in [-0.4, -0.2) is 65.2 Å². The summed E-state index contributed by atoms with van der Waals surface area (Å²) >= 11 is 0. The van der Waals surface area contributed by atoms with Crippen molar-refractivity contribution < 1.29 is 31.0 Å². The normalized spacial score (nSPS) is 12.9. The predicted molar refractivity (Wildman–Crippen MR) is 73.4 cm³/mol. The zero-order valence-electron chi connectivity index (χ0n) is 12.7. The molecule has 0 bridgehead atoms. The molecule has 0 rings (SSSR count). The minimum atomic E-state index is -3.12. The molecule has 0 spiro atoms. The van der Waals surface area contributed by atoms with Crippen LogP contribution in [-0.2, 0) is 31.0 Å². The van der Waals surface area contributed by atoms with E-state index in [2.05, 4.69) is 0 Å². The molecule has 0 fully saturated rings. The summed E-state index contributed by atoms with van der Waals surface area (Å²) in [6.07, 6.45) is 0.129. The standard InChI is InChI=1S/C10H26O7Si2/c1-7-14-18(15-8-2,16-9-3)10-17-19(11-4,12-5)13-6/h7-10H2,1-6H3. The summed E-state index contributed by atoms with van der Waals surface area (Å²) in [5, 5.41) is 0. The molecule has 0 aromatic carbocycles. The van der Waals surface area contributed by atoms with Gasteiger partial charge in [0.25, 0.3) is 0 Å². The molecule has 116 valence electrons. The van der Waals surface area contributed by atoms with Crippen molar-refractivity contribution in [1.82, 2.24) is 0 Å². The molecule has 0 aliphatic heterocycles. The first-order valence-electron chi connectivity index (χ1n) is 6.28. The Morgan fingerprint density at radius 2 is 1.00 bits per heavy atom. The first kappa shape index (κ1) is 19.2. The molecule has 19 heavy (non-hydrogen) atoms. The van der Waals surface area contributed by atoms with Crippen LogP contribution in [0, 0.1) is 0 Å². The Morgan fingerprint density at radius 1 is 0.632 bits per heavy atom. The molecule has 9 heteroatoms. The van der Waals surface area contributed by atoms with Gasteiger partial charge in [-0.1, -0.05) is 0 Å². The van der Waals surface area contributed by atoms with Crippen LogP contribution < -0.4 is 0 Å². The smallest absolute Gasteiger partial charge is 0.372 e. The molecule has 0 aromatic heterocycles. The Hall–Kier alpha value is 0.154. The Balaban J connectivity index is 4.78. The van der Waals surface area contributed by atoms with E-state index in [9.17, 15) is 0 Å². The first-order chi connectivity index (χ1) is 9.07. The molecular formula is C10H26O7Si2. The molecule has 0 aliphatic rings. The van der Waals surface area contributed by atoms with Gasteiger partial charge in [0.15, 0.2) is 0 Å². The van der Waals surface area contributed by atoms with Gasteiger partial charge in [-0.2, -0.15) is 0 Å². The lowest BCUT2D eigenvalue weighted by atomic mass is 10.9. The second kappa shape index (κ2) is 9.96. The Labute approximate surface area is 117 Å². The van der Waals surface area contributed by atoms with Gasteiger partial charge in [-0.25, -0.2) is 0 Å². The monoisotopic (exact) mass is 314 g/mol. The van der Waals surface area contributed by atoms with Crippen molar-refractivity contribution in [1.29, 1.82) is 0 Å². The van der Waals surface area contributed by atoms with E-state index in [1.807, 2.05) is 20.8 Å². The lowest BCUT2D eigenvalue weighted by Gasteiger charge is -2.31. The van der Waals surface area contributed by atoms with Crippen molar-refractivity contribution in [2.45, 2.75) is 20.8 Å².